The first-order valence-corrected chi connectivity index (χ1v) is 4.73. The zero-order valence-corrected chi connectivity index (χ0v) is 8.35. The molecule has 1 saturated heterocycles. The highest BCUT2D eigenvalue weighted by molar-refractivity contribution is 5.71. The SMILES string of the molecule is C=C=C(CC)C1(C)CCCC(=O)O1. The highest BCUT2D eigenvalue weighted by Crippen LogP contribution is 2.32. The number of hydrogen-bond donors (Lipinski definition) is 0. The zero-order chi connectivity index (χ0) is 9.90. The van der Waals surface area contributed by atoms with E-state index in [0.717, 1.165) is 24.8 Å². The molecule has 13 heavy (non-hydrogen) atoms. The summed E-state index contributed by atoms with van der Waals surface area (Å²) in [5, 5.41) is 0. The maximum absolute atomic E-state index is 11.1. The number of cyclic esters (lactones) is 1. The van der Waals surface area contributed by atoms with Crippen LogP contribution in [-0.2, 0) is 9.53 Å². The summed E-state index contributed by atoms with van der Waals surface area (Å²) < 4.78 is 5.34. The van der Waals surface area contributed by atoms with Crippen molar-refractivity contribution in [3.63, 3.8) is 0 Å². The van der Waals surface area contributed by atoms with Crippen LogP contribution < -0.4 is 0 Å². The predicted molar refractivity (Wildman–Crippen MR) is 51.3 cm³/mol. The van der Waals surface area contributed by atoms with E-state index in [4.69, 9.17) is 4.74 Å². The van der Waals surface area contributed by atoms with E-state index < -0.39 is 5.60 Å². The number of esters is 1. The van der Waals surface area contributed by atoms with Gasteiger partial charge >= 0.3 is 5.97 Å². The Hall–Kier alpha value is -1.01. The molecular formula is C11H16O2. The van der Waals surface area contributed by atoms with Crippen LogP contribution in [0.5, 0.6) is 0 Å². The van der Waals surface area contributed by atoms with E-state index in [1.165, 1.54) is 0 Å². The van der Waals surface area contributed by atoms with Gasteiger partial charge in [-0.25, -0.2) is 0 Å². The average Bonchev–Trinajstić information content (AvgIpc) is 2.05. The molecule has 0 radical (unpaired) electrons. The Morgan fingerprint density at radius 2 is 2.46 bits per heavy atom. The van der Waals surface area contributed by atoms with Crippen molar-refractivity contribution < 1.29 is 9.53 Å². The molecule has 1 rings (SSSR count). The van der Waals surface area contributed by atoms with Gasteiger partial charge in [0.05, 0.1) is 0 Å². The van der Waals surface area contributed by atoms with E-state index >= 15 is 0 Å². The first-order chi connectivity index (χ1) is 6.12. The maximum atomic E-state index is 11.1. The van der Waals surface area contributed by atoms with Crippen molar-refractivity contribution in [3.05, 3.63) is 17.9 Å². The number of carbonyl (C=O) groups excluding carboxylic acids is 1. The van der Waals surface area contributed by atoms with Gasteiger partial charge in [-0.1, -0.05) is 13.5 Å². The van der Waals surface area contributed by atoms with Gasteiger partial charge < -0.3 is 4.74 Å². The molecule has 0 aromatic rings. The van der Waals surface area contributed by atoms with E-state index in [1.807, 2.05) is 13.8 Å². The van der Waals surface area contributed by atoms with Crippen LogP contribution >= 0.6 is 0 Å². The van der Waals surface area contributed by atoms with Gasteiger partial charge in [-0.05, 0) is 26.2 Å². The van der Waals surface area contributed by atoms with Crippen LogP contribution in [0.3, 0.4) is 0 Å². The van der Waals surface area contributed by atoms with Crippen LogP contribution in [0.1, 0.15) is 39.5 Å². The molecule has 72 valence electrons. The number of rotatable bonds is 2. The van der Waals surface area contributed by atoms with Crippen molar-refractivity contribution in [1.29, 1.82) is 0 Å². The Labute approximate surface area is 79.3 Å². The lowest BCUT2D eigenvalue weighted by molar-refractivity contribution is -0.160. The van der Waals surface area contributed by atoms with E-state index in [-0.39, 0.29) is 5.97 Å². The van der Waals surface area contributed by atoms with Crippen LogP contribution in [0.15, 0.2) is 17.9 Å². The molecule has 0 aliphatic carbocycles. The molecule has 0 amide bonds. The topological polar surface area (TPSA) is 26.3 Å². The summed E-state index contributed by atoms with van der Waals surface area (Å²) in [5.41, 5.74) is 3.43. The third-order valence-corrected chi connectivity index (χ3v) is 2.58. The van der Waals surface area contributed by atoms with Gasteiger partial charge in [0.2, 0.25) is 0 Å². The Morgan fingerprint density at radius 1 is 1.77 bits per heavy atom. The highest BCUT2D eigenvalue weighted by Gasteiger charge is 2.35. The van der Waals surface area contributed by atoms with Crippen molar-refractivity contribution in [2.75, 3.05) is 0 Å². The van der Waals surface area contributed by atoms with E-state index in [0.29, 0.717) is 6.42 Å². The maximum Gasteiger partial charge on any atom is 0.306 e. The largest absolute Gasteiger partial charge is 0.454 e. The summed E-state index contributed by atoms with van der Waals surface area (Å²) in [6.45, 7) is 7.60. The monoisotopic (exact) mass is 180 g/mol. The van der Waals surface area contributed by atoms with Gasteiger partial charge in [0.25, 0.3) is 0 Å². The number of ether oxygens (including phenoxy) is 1. The lowest BCUT2D eigenvalue weighted by atomic mass is 9.87. The number of carbonyl (C=O) groups is 1. The van der Waals surface area contributed by atoms with Gasteiger partial charge in [-0.3, -0.25) is 4.79 Å². The fourth-order valence-electron chi connectivity index (χ4n) is 1.82. The average molecular weight is 180 g/mol. The minimum absolute atomic E-state index is 0.102. The Kier molecular flexibility index (Phi) is 2.94. The van der Waals surface area contributed by atoms with Crippen molar-refractivity contribution >= 4 is 5.97 Å². The molecule has 0 saturated carbocycles. The van der Waals surface area contributed by atoms with Crippen LogP contribution in [0.25, 0.3) is 0 Å². The second-order valence-electron chi connectivity index (χ2n) is 3.57. The quantitative estimate of drug-likeness (QED) is 0.482. The van der Waals surface area contributed by atoms with Gasteiger partial charge in [-0.2, -0.15) is 0 Å². The van der Waals surface area contributed by atoms with Crippen molar-refractivity contribution in [1.82, 2.24) is 0 Å². The van der Waals surface area contributed by atoms with E-state index in [1.54, 1.807) is 0 Å². The van der Waals surface area contributed by atoms with Crippen molar-refractivity contribution in [3.8, 4) is 0 Å². The summed E-state index contributed by atoms with van der Waals surface area (Å²) in [5.74, 6) is -0.102. The van der Waals surface area contributed by atoms with Crippen LogP contribution in [-0.4, -0.2) is 11.6 Å². The zero-order valence-electron chi connectivity index (χ0n) is 8.35. The summed E-state index contributed by atoms with van der Waals surface area (Å²) in [6.07, 6.45) is 3.18. The van der Waals surface area contributed by atoms with Crippen LogP contribution in [0.4, 0.5) is 0 Å². The standard InChI is InChI=1S/C11H16O2/c1-4-9(5-2)11(3)8-6-7-10(12)13-11/h1,5-8H2,2-3H3. The molecular weight excluding hydrogens is 164 g/mol. The lowest BCUT2D eigenvalue weighted by Gasteiger charge is -2.34. The summed E-state index contributed by atoms with van der Waals surface area (Å²) >= 11 is 0. The molecule has 2 nitrogen and oxygen atoms in total. The minimum atomic E-state index is -0.439. The van der Waals surface area contributed by atoms with Crippen LogP contribution in [0.2, 0.25) is 0 Å². The molecule has 0 aromatic carbocycles. The second-order valence-corrected chi connectivity index (χ2v) is 3.57. The molecule has 0 spiro atoms. The molecule has 1 fully saturated rings. The van der Waals surface area contributed by atoms with Crippen molar-refractivity contribution in [2.24, 2.45) is 0 Å². The molecule has 1 unspecified atom stereocenters. The first kappa shape index (κ1) is 10.1. The molecule has 2 heteroatoms. The predicted octanol–water partition coefficient (Wildman–Crippen LogP) is 2.59. The van der Waals surface area contributed by atoms with E-state index in [2.05, 4.69) is 12.3 Å². The first-order valence-electron chi connectivity index (χ1n) is 4.73. The minimum Gasteiger partial charge on any atom is -0.454 e. The summed E-state index contributed by atoms with van der Waals surface area (Å²) in [7, 11) is 0. The second kappa shape index (κ2) is 3.80. The van der Waals surface area contributed by atoms with Crippen LogP contribution in [0, 0.1) is 0 Å². The molecule has 0 N–H and O–H groups in total. The molecule has 0 bridgehead atoms. The Bertz CT molecular complexity index is 261. The highest BCUT2D eigenvalue weighted by atomic mass is 16.6. The normalized spacial score (nSPS) is 27.7. The van der Waals surface area contributed by atoms with Gasteiger partial charge in [0.1, 0.15) is 5.60 Å². The van der Waals surface area contributed by atoms with Crippen molar-refractivity contribution in [2.45, 2.75) is 45.1 Å². The number of hydrogen-bond acceptors (Lipinski definition) is 2. The van der Waals surface area contributed by atoms with Gasteiger partial charge in [0, 0.05) is 12.0 Å². The Morgan fingerprint density at radius 3 is 2.92 bits per heavy atom. The smallest absolute Gasteiger partial charge is 0.306 e. The fraction of sp³-hybridized carbons (Fsp3) is 0.636. The lowest BCUT2D eigenvalue weighted by Crippen LogP contribution is -2.37. The third kappa shape index (κ3) is 2.02. The summed E-state index contributed by atoms with van der Waals surface area (Å²) in [4.78, 5) is 11.1. The summed E-state index contributed by atoms with van der Waals surface area (Å²) in [6, 6.07) is 0. The fourth-order valence-corrected chi connectivity index (χ4v) is 1.82. The molecule has 1 heterocycles. The molecule has 1 aliphatic heterocycles. The van der Waals surface area contributed by atoms with Gasteiger partial charge in [0.15, 0.2) is 0 Å². The Balaban J connectivity index is 2.85. The molecule has 1 atom stereocenters. The van der Waals surface area contributed by atoms with E-state index in [9.17, 15) is 4.79 Å². The molecule has 0 aromatic heterocycles. The molecule has 1 aliphatic rings. The third-order valence-electron chi connectivity index (χ3n) is 2.58. The van der Waals surface area contributed by atoms with Gasteiger partial charge in [-0.15, -0.1) is 5.73 Å².